The largest absolute Gasteiger partial charge is 0.419 e. The number of rotatable bonds is 3. The molecule has 3 aromatic rings. The maximum atomic E-state index is 14.1. The van der Waals surface area contributed by atoms with E-state index < -0.39 is 23.7 Å². The zero-order chi connectivity index (χ0) is 24.4. The number of amides is 1. The third kappa shape index (κ3) is 3.58. The molecule has 2 atom stereocenters. The number of aromatic nitrogens is 5. The quantitative estimate of drug-likeness (QED) is 0.588. The number of carbonyl (C=O) groups excluding carboxylic acids is 1. The molecule has 1 aliphatic carbocycles. The summed E-state index contributed by atoms with van der Waals surface area (Å²) < 4.78 is 42.4. The first kappa shape index (κ1) is 22.6. The zero-order valence-corrected chi connectivity index (χ0v) is 19.0. The van der Waals surface area contributed by atoms with Crippen LogP contribution in [0, 0.1) is 18.8 Å². The van der Waals surface area contributed by atoms with Crippen LogP contribution in [0.15, 0.2) is 30.6 Å². The molecule has 12 heteroatoms. The molecule has 0 radical (unpaired) electrons. The van der Waals surface area contributed by atoms with E-state index in [4.69, 9.17) is 17.3 Å². The second kappa shape index (κ2) is 7.93. The third-order valence-electron chi connectivity index (χ3n) is 6.84. The van der Waals surface area contributed by atoms with Gasteiger partial charge in [-0.15, -0.1) is 0 Å². The lowest BCUT2D eigenvalue weighted by Gasteiger charge is -2.57. The van der Waals surface area contributed by atoms with Gasteiger partial charge in [-0.05, 0) is 49.8 Å². The molecule has 0 spiro atoms. The Morgan fingerprint density at radius 2 is 1.85 bits per heavy atom. The van der Waals surface area contributed by atoms with Crippen LogP contribution in [0.4, 0.5) is 19.1 Å². The van der Waals surface area contributed by atoms with E-state index in [1.54, 1.807) is 12.1 Å². The van der Waals surface area contributed by atoms with Crippen molar-refractivity contribution in [1.29, 1.82) is 0 Å². The minimum Gasteiger partial charge on any atom is -0.368 e. The highest BCUT2D eigenvalue weighted by atomic mass is 35.5. The number of nitrogens with zero attached hydrogens (tertiary/aromatic N) is 6. The fraction of sp³-hybridized carbons (Fsp3) is 0.409. The molecule has 178 valence electrons. The molecular weight excluding hydrogens is 471 g/mol. The number of halogens is 4. The van der Waals surface area contributed by atoms with Gasteiger partial charge in [-0.25, -0.2) is 9.97 Å². The monoisotopic (exact) mass is 491 g/mol. The molecule has 4 heterocycles. The molecule has 3 fully saturated rings. The van der Waals surface area contributed by atoms with E-state index in [9.17, 15) is 18.0 Å². The predicted molar refractivity (Wildman–Crippen MR) is 117 cm³/mol. The van der Waals surface area contributed by atoms with Crippen molar-refractivity contribution in [1.82, 2.24) is 29.9 Å². The van der Waals surface area contributed by atoms with E-state index in [1.165, 1.54) is 35.1 Å². The summed E-state index contributed by atoms with van der Waals surface area (Å²) in [4.78, 5) is 24.6. The molecule has 34 heavy (non-hydrogen) atoms. The summed E-state index contributed by atoms with van der Waals surface area (Å²) in [6.07, 6.45) is -0.357. The van der Waals surface area contributed by atoms with Gasteiger partial charge in [-0.3, -0.25) is 4.79 Å². The first-order valence-electron chi connectivity index (χ1n) is 10.8. The molecule has 8 nitrogen and oxygen atoms in total. The van der Waals surface area contributed by atoms with Crippen LogP contribution in [0.5, 0.6) is 0 Å². The maximum Gasteiger partial charge on any atom is 0.419 e. The van der Waals surface area contributed by atoms with Crippen molar-refractivity contribution in [2.75, 3.05) is 5.73 Å². The number of nitrogens with two attached hydrogens (primary N) is 1. The summed E-state index contributed by atoms with van der Waals surface area (Å²) in [7, 11) is 0. The number of carbonyl (C=O) groups is 1. The van der Waals surface area contributed by atoms with E-state index in [2.05, 4.69) is 20.2 Å². The van der Waals surface area contributed by atoms with Crippen LogP contribution in [0.3, 0.4) is 0 Å². The van der Waals surface area contributed by atoms with Crippen LogP contribution in [-0.4, -0.2) is 41.8 Å². The van der Waals surface area contributed by atoms with Gasteiger partial charge in [0.05, 0.1) is 41.1 Å². The van der Waals surface area contributed by atoms with E-state index >= 15 is 0 Å². The van der Waals surface area contributed by atoms with Crippen molar-refractivity contribution in [3.05, 3.63) is 58.1 Å². The van der Waals surface area contributed by atoms with E-state index in [-0.39, 0.29) is 40.8 Å². The molecule has 1 saturated carbocycles. The number of alkyl halides is 3. The Hall–Kier alpha value is -3.21. The number of hydrogen-bond acceptors (Lipinski definition) is 6. The van der Waals surface area contributed by atoms with Crippen LogP contribution in [-0.2, 0) is 6.18 Å². The van der Waals surface area contributed by atoms with Crippen LogP contribution in [0.1, 0.15) is 53.1 Å². The van der Waals surface area contributed by atoms with Gasteiger partial charge in [0.15, 0.2) is 0 Å². The van der Waals surface area contributed by atoms with Gasteiger partial charge in [0.2, 0.25) is 5.95 Å². The molecule has 2 aliphatic heterocycles. The number of hydrogen-bond donors (Lipinski definition) is 1. The molecule has 3 aliphatic rings. The molecule has 2 N–H and O–H groups in total. The summed E-state index contributed by atoms with van der Waals surface area (Å²) in [5.41, 5.74) is 4.87. The Morgan fingerprint density at radius 3 is 2.50 bits per heavy atom. The smallest absolute Gasteiger partial charge is 0.368 e. The van der Waals surface area contributed by atoms with E-state index in [0.717, 1.165) is 0 Å². The average Bonchev–Trinajstić information content (AvgIpc) is 3.24. The fourth-order valence-corrected chi connectivity index (χ4v) is 5.38. The summed E-state index contributed by atoms with van der Waals surface area (Å²) in [6, 6.07) is 3.54. The van der Waals surface area contributed by atoms with Gasteiger partial charge in [0.25, 0.3) is 5.91 Å². The minimum absolute atomic E-state index is 0.184. The Labute approximate surface area is 197 Å². The number of anilines is 1. The van der Waals surface area contributed by atoms with Gasteiger partial charge in [-0.2, -0.15) is 28.2 Å². The highest BCUT2D eigenvalue weighted by Gasteiger charge is 2.54. The number of piperidine rings is 2. The Balaban J connectivity index is 1.67. The lowest BCUT2D eigenvalue weighted by atomic mass is 9.63. The van der Waals surface area contributed by atoms with Gasteiger partial charge in [0, 0.05) is 11.1 Å². The normalized spacial score (nSPS) is 24.1. The second-order valence-electron chi connectivity index (χ2n) is 8.81. The molecule has 2 bridgehead atoms. The van der Waals surface area contributed by atoms with Crippen LogP contribution in [0.25, 0.3) is 5.69 Å². The van der Waals surface area contributed by atoms with E-state index in [0.29, 0.717) is 23.6 Å². The van der Waals surface area contributed by atoms with Crippen molar-refractivity contribution in [2.45, 2.75) is 44.9 Å². The molecule has 2 aromatic heterocycles. The number of nitrogen functional groups attached to an aromatic ring is 1. The molecule has 6 rings (SSSR count). The summed E-state index contributed by atoms with van der Waals surface area (Å²) in [6.45, 7) is 3.11. The van der Waals surface area contributed by atoms with Crippen molar-refractivity contribution >= 4 is 23.5 Å². The van der Waals surface area contributed by atoms with Gasteiger partial charge in [0.1, 0.15) is 5.56 Å². The van der Waals surface area contributed by atoms with Crippen LogP contribution >= 0.6 is 11.6 Å². The van der Waals surface area contributed by atoms with Crippen LogP contribution < -0.4 is 5.73 Å². The topological polar surface area (TPSA) is 103 Å². The van der Waals surface area contributed by atoms with Crippen molar-refractivity contribution in [2.24, 2.45) is 11.8 Å². The zero-order valence-electron chi connectivity index (χ0n) is 18.3. The standard InChI is InChI=1S/C22H21ClF3N7O/c1-10-12-7-14(8-12)32(19(10)18-17(22(24,25)26)11(2)30-21(27)31-18)20(34)15-9-13(23)3-4-16(15)33-28-5-6-29-33/h3-6,9-10,12,14,19H,7-8H2,1-2H3,(H2,27,30,31)/t10-,12?,14?,19+/m0/s1. The predicted octanol–water partition coefficient (Wildman–Crippen LogP) is 4.23. The summed E-state index contributed by atoms with van der Waals surface area (Å²) in [5.74, 6) is -0.807. The van der Waals surface area contributed by atoms with E-state index in [1.807, 2.05) is 6.92 Å². The average molecular weight is 492 g/mol. The maximum absolute atomic E-state index is 14.1. The second-order valence-corrected chi connectivity index (χ2v) is 9.24. The Morgan fingerprint density at radius 1 is 1.18 bits per heavy atom. The molecule has 1 aromatic carbocycles. The van der Waals surface area contributed by atoms with Gasteiger partial charge < -0.3 is 10.6 Å². The number of benzene rings is 1. The molecule has 2 saturated heterocycles. The van der Waals surface area contributed by atoms with Crippen molar-refractivity contribution in [3.8, 4) is 5.69 Å². The van der Waals surface area contributed by atoms with Crippen molar-refractivity contribution in [3.63, 3.8) is 0 Å². The number of aryl methyl sites for hydroxylation is 1. The minimum atomic E-state index is -4.70. The Bertz CT molecular complexity index is 1260. The first-order valence-corrected chi connectivity index (χ1v) is 11.1. The first-order chi connectivity index (χ1) is 16.1. The summed E-state index contributed by atoms with van der Waals surface area (Å²) in [5, 5.41) is 8.51. The van der Waals surface area contributed by atoms with Gasteiger partial charge in [-0.1, -0.05) is 18.5 Å². The summed E-state index contributed by atoms with van der Waals surface area (Å²) >= 11 is 6.21. The lowest BCUT2D eigenvalue weighted by Crippen LogP contribution is -2.59. The fourth-order valence-electron chi connectivity index (χ4n) is 5.21. The Kier molecular flexibility index (Phi) is 5.27. The molecule has 1 amide bonds. The highest BCUT2D eigenvalue weighted by Crippen LogP contribution is 2.54. The molecule has 0 unspecified atom stereocenters. The van der Waals surface area contributed by atoms with Gasteiger partial charge >= 0.3 is 6.18 Å². The lowest BCUT2D eigenvalue weighted by molar-refractivity contribution is -0.141. The highest BCUT2D eigenvalue weighted by molar-refractivity contribution is 6.31. The SMILES string of the molecule is Cc1nc(N)nc([C@H]2[C@@H](C)C3CC(C3)N2C(=O)c2cc(Cl)ccc2-n2nccn2)c1C(F)(F)F. The van der Waals surface area contributed by atoms with Crippen molar-refractivity contribution < 1.29 is 18.0 Å². The number of fused-ring (bicyclic) bond motifs is 2. The van der Waals surface area contributed by atoms with Crippen LogP contribution in [0.2, 0.25) is 5.02 Å². The molecular formula is C22H21ClF3N7O. The third-order valence-corrected chi connectivity index (χ3v) is 7.08.